The van der Waals surface area contributed by atoms with Crippen molar-refractivity contribution in [1.82, 2.24) is 0 Å². The highest BCUT2D eigenvalue weighted by molar-refractivity contribution is 5.85. The predicted molar refractivity (Wildman–Crippen MR) is 30.3 cm³/mol. The summed E-state index contributed by atoms with van der Waals surface area (Å²) in [5, 5.41) is 6.16. The van der Waals surface area contributed by atoms with E-state index in [1.165, 1.54) is 0 Å². The Morgan fingerprint density at radius 1 is 1.50 bits per heavy atom. The third-order valence-electron chi connectivity index (χ3n) is 0.400. The minimum absolute atomic E-state index is 0. The highest BCUT2D eigenvalue weighted by Crippen LogP contribution is 1.90. The summed E-state index contributed by atoms with van der Waals surface area (Å²) in [5.41, 5.74) is 0. The van der Waals surface area contributed by atoms with Crippen molar-refractivity contribution in [1.29, 1.82) is 0 Å². The molecule has 4 nitrogen and oxygen atoms in total. The van der Waals surface area contributed by atoms with Crippen LogP contribution in [0.25, 0.3) is 0 Å². The Morgan fingerprint density at radius 3 is 2.25 bits per heavy atom. The minimum atomic E-state index is -0.380. The molecule has 0 bridgehead atoms. The van der Waals surface area contributed by atoms with Crippen molar-refractivity contribution in [2.24, 2.45) is 10.4 Å². The molecule has 1 rings (SSSR count). The summed E-state index contributed by atoms with van der Waals surface area (Å²) in [7, 11) is 0. The Morgan fingerprint density at radius 2 is 2.12 bits per heavy atom. The van der Waals surface area contributed by atoms with Crippen LogP contribution in [0.5, 0.6) is 0 Å². The Labute approximate surface area is 58.1 Å². The first-order valence-electron chi connectivity index (χ1n) is 1.46. The van der Waals surface area contributed by atoms with E-state index in [1.54, 1.807) is 0 Å². The van der Waals surface area contributed by atoms with Gasteiger partial charge in [-0.2, -0.15) is 0 Å². The van der Waals surface area contributed by atoms with E-state index < -0.39 is 0 Å². The van der Waals surface area contributed by atoms with Gasteiger partial charge < -0.3 is 0 Å². The predicted octanol–water partition coefficient (Wildman–Crippen LogP) is 0.754. The fraction of sp³-hybridized carbons (Fsp3) is 0.500. The van der Waals surface area contributed by atoms with Gasteiger partial charge in [0.05, 0.1) is 0 Å². The third-order valence-corrected chi connectivity index (χ3v) is 0.400. The number of hydrogen-bond donors (Lipinski definition) is 0. The van der Waals surface area contributed by atoms with Gasteiger partial charge in [0.2, 0.25) is 0 Å². The second-order valence-electron chi connectivity index (χ2n) is 0.844. The van der Waals surface area contributed by atoms with Gasteiger partial charge in [-0.1, -0.05) is 0 Å². The van der Waals surface area contributed by atoms with Crippen molar-refractivity contribution in [2.45, 2.75) is 0 Å². The van der Waals surface area contributed by atoms with Crippen molar-refractivity contribution in [3.05, 3.63) is 0 Å². The van der Waals surface area contributed by atoms with Crippen LogP contribution in [0.2, 0.25) is 0 Å². The first kappa shape index (κ1) is 10.6. The quantitative estimate of drug-likeness (QED) is 0.523. The largest absolute Gasteiger partial charge is 0.360 e. The molecule has 0 aromatic carbocycles. The van der Waals surface area contributed by atoms with Crippen molar-refractivity contribution in [2.75, 3.05) is 6.54 Å². The van der Waals surface area contributed by atoms with E-state index in [1.807, 2.05) is 0 Å². The molecular formula is C2H4Cl2N2O2. The maximum atomic E-state index is 9.83. The number of halogens is 2. The molecule has 6 heteroatoms. The molecule has 1 aliphatic heterocycles. The Kier molecular flexibility index (Phi) is 6.36. The molecule has 0 saturated heterocycles. The summed E-state index contributed by atoms with van der Waals surface area (Å²) in [5.74, 6) is -0.380. The van der Waals surface area contributed by atoms with Crippen molar-refractivity contribution < 1.29 is 9.63 Å². The monoisotopic (exact) mass is 158 g/mol. The van der Waals surface area contributed by atoms with Crippen LogP contribution in [-0.2, 0) is 9.63 Å². The molecule has 1 aliphatic rings. The van der Waals surface area contributed by atoms with Crippen LogP contribution in [-0.4, -0.2) is 12.5 Å². The molecule has 0 spiro atoms. The van der Waals surface area contributed by atoms with Crippen molar-refractivity contribution in [3.63, 3.8) is 0 Å². The van der Waals surface area contributed by atoms with E-state index in [2.05, 4.69) is 15.2 Å². The maximum Gasteiger partial charge on any atom is 0.360 e. The van der Waals surface area contributed by atoms with Gasteiger partial charge in [-0.05, 0) is 0 Å². The van der Waals surface area contributed by atoms with Crippen molar-refractivity contribution in [3.8, 4) is 0 Å². The van der Waals surface area contributed by atoms with Gasteiger partial charge in [0, 0.05) is 5.28 Å². The average Bonchev–Trinajstić information content (AvgIpc) is 1.86. The molecule has 0 atom stereocenters. The Bertz CT molecular complexity index is 94.2. The first-order chi connectivity index (χ1) is 2.89. The lowest BCUT2D eigenvalue weighted by Gasteiger charge is -1.71. The van der Waals surface area contributed by atoms with E-state index in [0.29, 0.717) is 0 Å². The Balaban J connectivity index is 0. The molecule has 8 heavy (non-hydrogen) atoms. The first-order valence-corrected chi connectivity index (χ1v) is 1.46. The lowest BCUT2D eigenvalue weighted by molar-refractivity contribution is -0.138. The molecule has 0 unspecified atom stereocenters. The summed E-state index contributed by atoms with van der Waals surface area (Å²) in [4.78, 5) is 13.8. The fourth-order valence-electron chi connectivity index (χ4n) is 0.190. The molecule has 0 fully saturated rings. The fourth-order valence-corrected chi connectivity index (χ4v) is 0.190. The topological polar surface area (TPSA) is 51.0 Å². The summed E-state index contributed by atoms with van der Waals surface area (Å²) < 4.78 is 0. The molecule has 1 heterocycles. The van der Waals surface area contributed by atoms with E-state index >= 15 is 0 Å². The molecule has 0 N–H and O–H groups in total. The van der Waals surface area contributed by atoms with Crippen LogP contribution in [0.3, 0.4) is 0 Å². The summed E-state index contributed by atoms with van der Waals surface area (Å²) in [6.07, 6.45) is 0. The SMILES string of the molecule is Cl.Cl.O=C1CN=NO1. The minimum Gasteiger partial charge on any atom is -0.298 e. The van der Waals surface area contributed by atoms with E-state index in [0.717, 1.165) is 0 Å². The molecule has 0 amide bonds. The van der Waals surface area contributed by atoms with E-state index in [9.17, 15) is 4.79 Å². The summed E-state index contributed by atoms with van der Waals surface area (Å²) in [6.45, 7) is 0.0833. The van der Waals surface area contributed by atoms with E-state index in [-0.39, 0.29) is 37.3 Å². The number of carbonyl (C=O) groups excluding carboxylic acids is 1. The zero-order valence-electron chi connectivity index (χ0n) is 3.73. The summed E-state index contributed by atoms with van der Waals surface area (Å²) >= 11 is 0. The summed E-state index contributed by atoms with van der Waals surface area (Å²) in [6, 6.07) is 0. The van der Waals surface area contributed by atoms with Crippen LogP contribution in [0.4, 0.5) is 0 Å². The van der Waals surface area contributed by atoms with Gasteiger partial charge in [0.15, 0.2) is 6.54 Å². The standard InChI is InChI=1S/C2H2N2O2.2ClH/c5-2-1-3-4-6-2;;/h1H2;2*1H. The highest BCUT2D eigenvalue weighted by Gasteiger charge is 2.05. The number of rotatable bonds is 0. The van der Waals surface area contributed by atoms with Gasteiger partial charge in [-0.15, -0.1) is 29.9 Å². The number of nitrogens with zero attached hydrogens (tertiary/aromatic N) is 2. The van der Waals surface area contributed by atoms with Crippen molar-refractivity contribution >= 4 is 30.8 Å². The lowest BCUT2D eigenvalue weighted by Crippen LogP contribution is -1.94. The van der Waals surface area contributed by atoms with Crippen LogP contribution >= 0.6 is 24.8 Å². The molecule has 48 valence electrons. The highest BCUT2D eigenvalue weighted by atomic mass is 35.5. The van der Waals surface area contributed by atoms with Gasteiger partial charge in [-0.25, -0.2) is 4.79 Å². The number of carbonyl (C=O) groups is 1. The molecular weight excluding hydrogens is 155 g/mol. The van der Waals surface area contributed by atoms with Crippen LogP contribution < -0.4 is 0 Å². The van der Waals surface area contributed by atoms with Crippen LogP contribution in [0.15, 0.2) is 10.4 Å². The van der Waals surface area contributed by atoms with Gasteiger partial charge in [0.25, 0.3) is 0 Å². The zero-order valence-corrected chi connectivity index (χ0v) is 5.37. The molecule has 0 aromatic rings. The van der Waals surface area contributed by atoms with Crippen LogP contribution in [0, 0.1) is 0 Å². The maximum absolute atomic E-state index is 9.83. The average molecular weight is 159 g/mol. The second kappa shape index (κ2) is 4.80. The molecule has 0 saturated carbocycles. The van der Waals surface area contributed by atoms with E-state index in [4.69, 9.17) is 0 Å². The van der Waals surface area contributed by atoms with Crippen LogP contribution in [0.1, 0.15) is 0 Å². The molecule has 0 aliphatic carbocycles. The number of hydrogen-bond acceptors (Lipinski definition) is 4. The smallest absolute Gasteiger partial charge is 0.298 e. The van der Waals surface area contributed by atoms with Gasteiger partial charge in [0.1, 0.15) is 0 Å². The Hall–Kier alpha value is -0.350. The second-order valence-corrected chi connectivity index (χ2v) is 0.844. The lowest BCUT2D eigenvalue weighted by atomic mass is 10.7. The molecule has 0 aromatic heterocycles. The van der Waals surface area contributed by atoms with Gasteiger partial charge >= 0.3 is 5.97 Å². The normalized spacial score (nSPS) is 13.8. The van der Waals surface area contributed by atoms with Gasteiger partial charge in [-0.3, -0.25) is 4.84 Å². The molecule has 0 radical (unpaired) electrons. The third kappa shape index (κ3) is 2.76. The zero-order chi connectivity index (χ0) is 4.41.